The van der Waals surface area contributed by atoms with Crippen molar-refractivity contribution in [1.29, 1.82) is 0 Å². The Hall–Kier alpha value is -0.120. The van der Waals surface area contributed by atoms with Gasteiger partial charge in [0.1, 0.15) is 0 Å². The first-order valence-electron chi connectivity index (χ1n) is 6.28. The quantitative estimate of drug-likeness (QED) is 0.650. The van der Waals surface area contributed by atoms with Crippen LogP contribution >= 0.6 is 0 Å². The van der Waals surface area contributed by atoms with Gasteiger partial charge in [0.15, 0.2) is 0 Å². The Labute approximate surface area is 93.9 Å². The molecular weight excluding hydrogens is 188 g/mol. The minimum Gasteiger partial charge on any atom is -0.396 e. The minimum atomic E-state index is 0.341. The number of aliphatic hydroxyl groups excluding tert-OH is 1. The molecule has 0 spiro atoms. The van der Waals surface area contributed by atoms with E-state index >= 15 is 0 Å². The van der Waals surface area contributed by atoms with Gasteiger partial charge >= 0.3 is 0 Å². The van der Waals surface area contributed by atoms with Crippen molar-refractivity contribution in [3.8, 4) is 0 Å². The summed E-state index contributed by atoms with van der Waals surface area (Å²) < 4.78 is 0. The maximum Gasteiger partial charge on any atom is 0.0431 e. The van der Waals surface area contributed by atoms with Crippen LogP contribution in [-0.2, 0) is 0 Å². The molecule has 1 atom stereocenters. The lowest BCUT2D eigenvalue weighted by molar-refractivity contribution is 0.159. The molecule has 1 unspecified atom stereocenters. The van der Waals surface area contributed by atoms with Crippen molar-refractivity contribution in [3.63, 3.8) is 0 Å². The second-order valence-electron chi connectivity index (χ2n) is 4.69. The highest BCUT2D eigenvalue weighted by Crippen LogP contribution is 2.20. The molecule has 1 rings (SSSR count). The van der Waals surface area contributed by atoms with E-state index in [0.29, 0.717) is 12.6 Å². The lowest BCUT2D eigenvalue weighted by Crippen LogP contribution is -2.41. The zero-order valence-corrected chi connectivity index (χ0v) is 10.2. The number of likely N-dealkylation sites (tertiary alicyclic amines) is 1. The van der Waals surface area contributed by atoms with Crippen molar-refractivity contribution in [2.45, 2.75) is 38.6 Å². The van der Waals surface area contributed by atoms with Gasteiger partial charge in [-0.15, -0.1) is 0 Å². The smallest absolute Gasteiger partial charge is 0.0431 e. The number of hydrogen-bond donors (Lipinski definition) is 2. The monoisotopic (exact) mass is 214 g/mol. The number of rotatable bonds is 6. The van der Waals surface area contributed by atoms with Gasteiger partial charge in [0.25, 0.3) is 0 Å². The van der Waals surface area contributed by atoms with E-state index in [-0.39, 0.29) is 0 Å². The molecule has 2 N–H and O–H groups in total. The largest absolute Gasteiger partial charge is 0.396 e. The molecule has 0 aromatic rings. The van der Waals surface area contributed by atoms with Gasteiger partial charge in [-0.25, -0.2) is 0 Å². The Morgan fingerprint density at radius 1 is 1.33 bits per heavy atom. The third-order valence-corrected chi connectivity index (χ3v) is 3.68. The summed E-state index contributed by atoms with van der Waals surface area (Å²) in [5.41, 5.74) is 0. The van der Waals surface area contributed by atoms with E-state index in [1.54, 1.807) is 0 Å². The fraction of sp³-hybridized carbons (Fsp3) is 1.00. The first-order valence-corrected chi connectivity index (χ1v) is 6.28. The number of unbranched alkanes of at least 4 members (excludes halogenated alkanes) is 1. The normalized spacial score (nSPS) is 21.8. The summed E-state index contributed by atoms with van der Waals surface area (Å²) in [7, 11) is 2.05. The first kappa shape index (κ1) is 12.9. The topological polar surface area (TPSA) is 35.5 Å². The predicted octanol–water partition coefficient (Wildman–Crippen LogP) is 1.08. The second-order valence-corrected chi connectivity index (χ2v) is 4.69. The van der Waals surface area contributed by atoms with Gasteiger partial charge in [0.2, 0.25) is 0 Å². The number of nitrogens with one attached hydrogen (secondary N) is 1. The van der Waals surface area contributed by atoms with E-state index in [9.17, 15) is 0 Å². The fourth-order valence-electron chi connectivity index (χ4n) is 2.36. The van der Waals surface area contributed by atoms with E-state index in [1.165, 1.54) is 32.5 Å². The van der Waals surface area contributed by atoms with E-state index in [1.807, 2.05) is 0 Å². The zero-order valence-electron chi connectivity index (χ0n) is 10.2. The van der Waals surface area contributed by atoms with Crippen LogP contribution in [0.5, 0.6) is 0 Å². The molecule has 1 saturated heterocycles. The summed E-state index contributed by atoms with van der Waals surface area (Å²) in [6.45, 7) is 6.27. The summed E-state index contributed by atoms with van der Waals surface area (Å²) in [6, 6.07) is 0.657. The van der Waals surface area contributed by atoms with Gasteiger partial charge in [-0.05, 0) is 65.2 Å². The van der Waals surface area contributed by atoms with Crippen LogP contribution in [-0.4, -0.2) is 49.3 Å². The summed E-state index contributed by atoms with van der Waals surface area (Å²) >= 11 is 0. The van der Waals surface area contributed by atoms with Crippen LogP contribution < -0.4 is 5.32 Å². The van der Waals surface area contributed by atoms with Gasteiger partial charge < -0.3 is 15.3 Å². The molecule has 0 aromatic heterocycles. The maximum absolute atomic E-state index is 8.72. The van der Waals surface area contributed by atoms with Crippen molar-refractivity contribution in [1.82, 2.24) is 10.2 Å². The Balaban J connectivity index is 2.12. The highest BCUT2D eigenvalue weighted by Gasteiger charge is 2.22. The zero-order chi connectivity index (χ0) is 11.1. The van der Waals surface area contributed by atoms with Gasteiger partial charge in [0.05, 0.1) is 0 Å². The third-order valence-electron chi connectivity index (χ3n) is 3.68. The van der Waals surface area contributed by atoms with Gasteiger partial charge in [0, 0.05) is 12.6 Å². The van der Waals surface area contributed by atoms with Crippen LogP contribution in [0.3, 0.4) is 0 Å². The Morgan fingerprint density at radius 3 is 2.53 bits per heavy atom. The number of nitrogens with zero attached hydrogens (tertiary/aromatic N) is 1. The van der Waals surface area contributed by atoms with E-state index in [2.05, 4.69) is 24.2 Å². The van der Waals surface area contributed by atoms with Crippen LogP contribution in [0, 0.1) is 5.92 Å². The fourth-order valence-corrected chi connectivity index (χ4v) is 2.36. The first-order chi connectivity index (χ1) is 7.27. The summed E-state index contributed by atoms with van der Waals surface area (Å²) in [5, 5.41) is 12.1. The summed E-state index contributed by atoms with van der Waals surface area (Å²) in [6.07, 6.45) is 4.73. The highest BCUT2D eigenvalue weighted by atomic mass is 16.2. The molecular formula is C12H26N2O. The summed E-state index contributed by atoms with van der Waals surface area (Å²) in [5.74, 6) is 0.851. The van der Waals surface area contributed by atoms with Crippen molar-refractivity contribution < 1.29 is 5.11 Å². The molecule has 1 heterocycles. The molecule has 0 bridgehead atoms. The van der Waals surface area contributed by atoms with Gasteiger partial charge in [-0.3, -0.25) is 0 Å². The Kier molecular flexibility index (Phi) is 6.22. The number of aliphatic hydroxyl groups is 1. The molecule has 1 fully saturated rings. The molecule has 0 amide bonds. The molecule has 3 nitrogen and oxygen atoms in total. The average molecular weight is 214 g/mol. The van der Waals surface area contributed by atoms with Crippen LogP contribution in [0.1, 0.15) is 32.6 Å². The van der Waals surface area contributed by atoms with Gasteiger partial charge in [-0.1, -0.05) is 0 Å². The molecule has 1 aliphatic heterocycles. The molecule has 0 aliphatic carbocycles. The standard InChI is InChI=1S/C12H26N2O/c1-11(13-2)12-5-8-14(9-6-12)7-3-4-10-15/h11-13,15H,3-10H2,1-2H3. The van der Waals surface area contributed by atoms with Gasteiger partial charge in [-0.2, -0.15) is 0 Å². The third kappa shape index (κ3) is 4.49. The molecule has 3 heteroatoms. The SMILES string of the molecule is CNC(C)C1CCN(CCCCO)CC1. The van der Waals surface area contributed by atoms with E-state index in [0.717, 1.165) is 18.8 Å². The summed E-state index contributed by atoms with van der Waals surface area (Å²) in [4.78, 5) is 2.54. The molecule has 1 aliphatic rings. The van der Waals surface area contributed by atoms with Crippen molar-refractivity contribution in [2.24, 2.45) is 5.92 Å². The molecule has 15 heavy (non-hydrogen) atoms. The minimum absolute atomic E-state index is 0.341. The lowest BCUT2D eigenvalue weighted by atomic mass is 9.90. The van der Waals surface area contributed by atoms with Crippen molar-refractivity contribution in [2.75, 3.05) is 33.3 Å². The van der Waals surface area contributed by atoms with Crippen LogP contribution in [0.25, 0.3) is 0 Å². The van der Waals surface area contributed by atoms with Crippen LogP contribution in [0.2, 0.25) is 0 Å². The molecule has 0 aromatic carbocycles. The van der Waals surface area contributed by atoms with Crippen molar-refractivity contribution in [3.05, 3.63) is 0 Å². The Bertz CT molecular complexity index is 156. The van der Waals surface area contributed by atoms with Crippen LogP contribution in [0.4, 0.5) is 0 Å². The lowest BCUT2D eigenvalue weighted by Gasteiger charge is -2.34. The van der Waals surface area contributed by atoms with E-state index < -0.39 is 0 Å². The maximum atomic E-state index is 8.72. The highest BCUT2D eigenvalue weighted by molar-refractivity contribution is 4.78. The molecule has 0 radical (unpaired) electrons. The Morgan fingerprint density at radius 2 is 2.00 bits per heavy atom. The second kappa shape index (κ2) is 7.20. The number of piperidine rings is 1. The molecule has 0 saturated carbocycles. The number of hydrogen-bond acceptors (Lipinski definition) is 3. The van der Waals surface area contributed by atoms with Crippen molar-refractivity contribution >= 4 is 0 Å². The molecule has 90 valence electrons. The predicted molar refractivity (Wildman–Crippen MR) is 64.0 cm³/mol. The van der Waals surface area contributed by atoms with E-state index in [4.69, 9.17) is 5.11 Å². The van der Waals surface area contributed by atoms with Crippen LogP contribution in [0.15, 0.2) is 0 Å². The average Bonchev–Trinajstić information content (AvgIpc) is 2.29.